The molecule has 3 rings (SSSR count). The number of nitrogens with zero attached hydrogens (tertiary/aromatic N) is 2. The summed E-state index contributed by atoms with van der Waals surface area (Å²) in [6.45, 7) is 0. The summed E-state index contributed by atoms with van der Waals surface area (Å²) >= 11 is 0. The third-order valence-corrected chi connectivity index (χ3v) is 3.55. The van der Waals surface area contributed by atoms with Crippen LogP contribution in [-0.2, 0) is 0 Å². The second-order valence-corrected chi connectivity index (χ2v) is 5.10. The van der Waals surface area contributed by atoms with Crippen molar-refractivity contribution < 1.29 is 19.0 Å². The zero-order chi connectivity index (χ0) is 17.6. The fourth-order valence-electron chi connectivity index (χ4n) is 2.17. The molecule has 0 fully saturated rings. The third-order valence-electron chi connectivity index (χ3n) is 3.55. The highest BCUT2D eigenvalue weighted by Crippen LogP contribution is 2.21. The largest absolute Gasteiger partial charge is 0.497 e. The van der Waals surface area contributed by atoms with Gasteiger partial charge in [-0.05, 0) is 54.6 Å². The van der Waals surface area contributed by atoms with Gasteiger partial charge >= 0.3 is 5.97 Å². The van der Waals surface area contributed by atoms with Crippen molar-refractivity contribution in [2.45, 2.75) is 0 Å². The Morgan fingerprint density at radius 3 is 1.88 bits per heavy atom. The molecule has 0 bridgehead atoms. The normalized spacial score (nSPS) is 10.2. The van der Waals surface area contributed by atoms with Gasteiger partial charge in [-0.15, -0.1) is 10.2 Å². The lowest BCUT2D eigenvalue weighted by Gasteiger charge is -2.05. The number of hydrogen-bond donors (Lipinski definition) is 0. The van der Waals surface area contributed by atoms with Gasteiger partial charge in [0.2, 0.25) is 5.88 Å². The molecule has 126 valence electrons. The highest BCUT2D eigenvalue weighted by atomic mass is 16.5. The molecule has 6 nitrogen and oxygen atoms in total. The molecule has 0 saturated heterocycles. The van der Waals surface area contributed by atoms with Gasteiger partial charge < -0.3 is 14.2 Å². The predicted octanol–water partition coefficient (Wildman–Crippen LogP) is 3.38. The molecule has 6 heteroatoms. The summed E-state index contributed by atoms with van der Waals surface area (Å²) in [5.74, 6) is 1.06. The number of methoxy groups -OCH3 is 2. The van der Waals surface area contributed by atoms with Crippen LogP contribution in [0.1, 0.15) is 10.4 Å². The van der Waals surface area contributed by atoms with E-state index in [1.165, 1.54) is 0 Å². The molecule has 0 radical (unpaired) electrons. The Hall–Kier alpha value is -3.41. The molecule has 1 heterocycles. The second kappa shape index (κ2) is 7.44. The van der Waals surface area contributed by atoms with Gasteiger partial charge in [-0.1, -0.05) is 0 Å². The fraction of sp³-hybridized carbons (Fsp3) is 0.105. The SMILES string of the molecule is COc1ccc(C(=O)Oc2ccc(-c3ccc(OC)cc3)nn2)cc1. The van der Waals surface area contributed by atoms with Gasteiger partial charge in [0.05, 0.1) is 25.5 Å². The first-order valence-electron chi connectivity index (χ1n) is 7.54. The Balaban J connectivity index is 1.69. The molecular weight excluding hydrogens is 320 g/mol. The number of carbonyl (C=O) groups is 1. The average molecular weight is 336 g/mol. The number of esters is 1. The molecule has 0 unspecified atom stereocenters. The summed E-state index contributed by atoms with van der Waals surface area (Å²) in [7, 11) is 3.17. The number of carbonyl (C=O) groups excluding carboxylic acids is 1. The molecule has 25 heavy (non-hydrogen) atoms. The molecule has 0 aliphatic heterocycles. The highest BCUT2D eigenvalue weighted by Gasteiger charge is 2.10. The van der Waals surface area contributed by atoms with Crippen LogP contribution in [0.2, 0.25) is 0 Å². The number of ether oxygens (including phenoxy) is 3. The zero-order valence-electron chi connectivity index (χ0n) is 13.8. The van der Waals surface area contributed by atoms with Crippen LogP contribution in [0.4, 0.5) is 0 Å². The molecule has 0 aliphatic carbocycles. The van der Waals surface area contributed by atoms with Crippen molar-refractivity contribution >= 4 is 5.97 Å². The van der Waals surface area contributed by atoms with E-state index in [0.717, 1.165) is 11.3 Å². The van der Waals surface area contributed by atoms with E-state index in [9.17, 15) is 4.79 Å². The van der Waals surface area contributed by atoms with Crippen molar-refractivity contribution in [3.8, 4) is 28.6 Å². The van der Waals surface area contributed by atoms with E-state index >= 15 is 0 Å². The maximum atomic E-state index is 12.1. The fourth-order valence-corrected chi connectivity index (χ4v) is 2.17. The summed E-state index contributed by atoms with van der Waals surface area (Å²) in [5.41, 5.74) is 1.97. The van der Waals surface area contributed by atoms with Gasteiger partial charge in [-0.25, -0.2) is 4.79 Å². The van der Waals surface area contributed by atoms with Crippen LogP contribution in [0.25, 0.3) is 11.3 Å². The highest BCUT2D eigenvalue weighted by molar-refractivity contribution is 5.91. The van der Waals surface area contributed by atoms with E-state index in [-0.39, 0.29) is 5.88 Å². The summed E-state index contributed by atoms with van der Waals surface area (Å²) in [4.78, 5) is 12.1. The molecule has 2 aromatic carbocycles. The second-order valence-electron chi connectivity index (χ2n) is 5.10. The van der Waals surface area contributed by atoms with Gasteiger partial charge in [0.25, 0.3) is 0 Å². The minimum Gasteiger partial charge on any atom is -0.497 e. The molecule has 0 amide bonds. The number of aromatic nitrogens is 2. The first-order valence-corrected chi connectivity index (χ1v) is 7.54. The molecule has 3 aromatic rings. The minimum absolute atomic E-state index is 0.137. The molecule has 0 aliphatic rings. The predicted molar refractivity (Wildman–Crippen MR) is 92.0 cm³/mol. The van der Waals surface area contributed by atoms with Gasteiger partial charge in [0.1, 0.15) is 11.5 Å². The van der Waals surface area contributed by atoms with Crippen LogP contribution in [0, 0.1) is 0 Å². The standard InChI is InChI=1S/C19H16N2O4/c1-23-15-7-3-13(4-8-15)17-11-12-18(21-20-17)25-19(22)14-5-9-16(24-2)10-6-14/h3-12H,1-2H3. The Labute approximate surface area is 145 Å². The molecule has 1 aromatic heterocycles. The van der Waals surface area contributed by atoms with E-state index in [2.05, 4.69) is 10.2 Å². The minimum atomic E-state index is -0.505. The van der Waals surface area contributed by atoms with Crippen molar-refractivity contribution in [2.75, 3.05) is 14.2 Å². The van der Waals surface area contributed by atoms with Crippen molar-refractivity contribution in [3.05, 3.63) is 66.2 Å². The lowest BCUT2D eigenvalue weighted by Crippen LogP contribution is -2.09. The number of rotatable bonds is 5. The van der Waals surface area contributed by atoms with E-state index in [1.807, 2.05) is 24.3 Å². The van der Waals surface area contributed by atoms with Crippen LogP contribution >= 0.6 is 0 Å². The molecule has 0 N–H and O–H groups in total. The lowest BCUT2D eigenvalue weighted by molar-refractivity contribution is 0.0726. The molecular formula is C19H16N2O4. The van der Waals surface area contributed by atoms with Crippen molar-refractivity contribution in [1.82, 2.24) is 10.2 Å². The Morgan fingerprint density at radius 2 is 1.36 bits per heavy atom. The monoisotopic (exact) mass is 336 g/mol. The maximum Gasteiger partial charge on any atom is 0.344 e. The zero-order valence-corrected chi connectivity index (χ0v) is 13.8. The van der Waals surface area contributed by atoms with Crippen LogP contribution in [0.3, 0.4) is 0 Å². The van der Waals surface area contributed by atoms with Crippen molar-refractivity contribution in [1.29, 1.82) is 0 Å². The molecule has 0 spiro atoms. The van der Waals surface area contributed by atoms with Crippen LogP contribution in [0.5, 0.6) is 17.4 Å². The Bertz CT molecular complexity index is 844. The van der Waals surface area contributed by atoms with E-state index in [4.69, 9.17) is 14.2 Å². The van der Waals surface area contributed by atoms with E-state index < -0.39 is 5.97 Å². The average Bonchev–Trinajstić information content (AvgIpc) is 2.68. The lowest BCUT2D eigenvalue weighted by atomic mass is 10.1. The van der Waals surface area contributed by atoms with E-state index in [1.54, 1.807) is 50.6 Å². The maximum absolute atomic E-state index is 12.1. The summed E-state index contributed by atoms with van der Waals surface area (Å²) < 4.78 is 15.4. The summed E-state index contributed by atoms with van der Waals surface area (Å²) in [6.07, 6.45) is 0. The first kappa shape index (κ1) is 16.4. The first-order chi connectivity index (χ1) is 12.2. The Kier molecular flexibility index (Phi) is 4.89. The quantitative estimate of drug-likeness (QED) is 0.665. The van der Waals surface area contributed by atoms with Crippen LogP contribution in [-0.4, -0.2) is 30.4 Å². The topological polar surface area (TPSA) is 70.5 Å². The van der Waals surface area contributed by atoms with Crippen LogP contribution < -0.4 is 14.2 Å². The van der Waals surface area contributed by atoms with E-state index in [0.29, 0.717) is 17.0 Å². The van der Waals surface area contributed by atoms with Crippen molar-refractivity contribution in [2.24, 2.45) is 0 Å². The van der Waals surface area contributed by atoms with Gasteiger partial charge in [0, 0.05) is 11.6 Å². The number of benzene rings is 2. The summed E-state index contributed by atoms with van der Waals surface area (Å²) in [5, 5.41) is 8.04. The third kappa shape index (κ3) is 3.92. The number of hydrogen-bond acceptors (Lipinski definition) is 6. The van der Waals surface area contributed by atoms with Gasteiger partial charge in [-0.3, -0.25) is 0 Å². The summed E-state index contributed by atoms with van der Waals surface area (Å²) in [6, 6.07) is 17.4. The van der Waals surface area contributed by atoms with Crippen molar-refractivity contribution in [3.63, 3.8) is 0 Å². The Morgan fingerprint density at radius 1 is 0.760 bits per heavy atom. The van der Waals surface area contributed by atoms with Crippen LogP contribution in [0.15, 0.2) is 60.7 Å². The van der Waals surface area contributed by atoms with Gasteiger partial charge in [0.15, 0.2) is 0 Å². The molecule has 0 saturated carbocycles. The molecule has 0 atom stereocenters. The smallest absolute Gasteiger partial charge is 0.344 e. The van der Waals surface area contributed by atoms with Gasteiger partial charge in [-0.2, -0.15) is 0 Å².